The molecule has 0 bridgehead atoms. The molecule has 2 rings (SSSR count). The highest BCUT2D eigenvalue weighted by molar-refractivity contribution is 7.11. The standard InChI is InChI=1S/C14H24N4S/c1-8(2)13-10(4)19-12(18-13)7-16-14(15-5)17-11-6-9(11)3/h8-9,11H,6-7H2,1-5H3,(H2,15,16,17). The molecular formula is C14H24N4S. The molecule has 5 heteroatoms. The second-order valence-electron chi connectivity index (χ2n) is 5.59. The van der Waals surface area contributed by atoms with Gasteiger partial charge in [0.2, 0.25) is 0 Å². The summed E-state index contributed by atoms with van der Waals surface area (Å²) in [6.07, 6.45) is 1.24. The first-order valence-electron chi connectivity index (χ1n) is 6.94. The summed E-state index contributed by atoms with van der Waals surface area (Å²) in [5.41, 5.74) is 1.22. The van der Waals surface area contributed by atoms with Crippen LogP contribution >= 0.6 is 11.3 Å². The molecule has 2 atom stereocenters. The average molecular weight is 280 g/mol. The van der Waals surface area contributed by atoms with Crippen LogP contribution in [0.15, 0.2) is 4.99 Å². The van der Waals surface area contributed by atoms with Gasteiger partial charge in [-0.25, -0.2) is 4.98 Å². The van der Waals surface area contributed by atoms with Crippen LogP contribution in [0.3, 0.4) is 0 Å². The molecule has 0 amide bonds. The van der Waals surface area contributed by atoms with Gasteiger partial charge in [0.1, 0.15) is 5.01 Å². The highest BCUT2D eigenvalue weighted by atomic mass is 32.1. The van der Waals surface area contributed by atoms with Crippen LogP contribution < -0.4 is 10.6 Å². The molecular weight excluding hydrogens is 256 g/mol. The second-order valence-corrected chi connectivity index (χ2v) is 6.88. The number of aromatic nitrogens is 1. The van der Waals surface area contributed by atoms with Crippen LogP contribution in [0.1, 0.15) is 48.7 Å². The maximum absolute atomic E-state index is 4.70. The molecule has 0 aliphatic heterocycles. The third-order valence-corrected chi connectivity index (χ3v) is 4.47. The lowest BCUT2D eigenvalue weighted by Crippen LogP contribution is -2.38. The minimum Gasteiger partial charge on any atom is -0.353 e. The summed E-state index contributed by atoms with van der Waals surface area (Å²) in [6, 6.07) is 0.593. The molecule has 1 saturated carbocycles. The molecule has 2 unspecified atom stereocenters. The van der Waals surface area contributed by atoms with Gasteiger partial charge in [0.15, 0.2) is 5.96 Å². The van der Waals surface area contributed by atoms with Gasteiger partial charge in [-0.1, -0.05) is 20.8 Å². The zero-order chi connectivity index (χ0) is 14.0. The first kappa shape index (κ1) is 14.3. The Hall–Kier alpha value is -1.10. The summed E-state index contributed by atoms with van der Waals surface area (Å²) in [5.74, 6) is 2.15. The number of thiazole rings is 1. The Morgan fingerprint density at radius 1 is 1.53 bits per heavy atom. The number of nitrogens with one attached hydrogen (secondary N) is 2. The normalized spacial score (nSPS) is 22.7. The number of rotatable bonds is 4. The summed E-state index contributed by atoms with van der Waals surface area (Å²) >= 11 is 1.77. The first-order chi connectivity index (χ1) is 9.01. The molecule has 1 aromatic rings. The number of guanidine groups is 1. The summed E-state index contributed by atoms with van der Waals surface area (Å²) in [5, 5.41) is 7.90. The van der Waals surface area contributed by atoms with Crippen LogP contribution in [0.2, 0.25) is 0 Å². The largest absolute Gasteiger partial charge is 0.353 e. The molecule has 0 aromatic carbocycles. The molecule has 1 aliphatic rings. The first-order valence-corrected chi connectivity index (χ1v) is 7.76. The fourth-order valence-electron chi connectivity index (χ4n) is 2.13. The Bertz CT molecular complexity index is 464. The van der Waals surface area contributed by atoms with Gasteiger partial charge < -0.3 is 10.6 Å². The summed E-state index contributed by atoms with van der Waals surface area (Å²) < 4.78 is 0. The van der Waals surface area contributed by atoms with Gasteiger partial charge in [0.05, 0.1) is 12.2 Å². The van der Waals surface area contributed by atoms with Crippen molar-refractivity contribution >= 4 is 17.3 Å². The lowest BCUT2D eigenvalue weighted by molar-refractivity contribution is 0.755. The highest BCUT2D eigenvalue weighted by Crippen LogP contribution is 2.28. The van der Waals surface area contributed by atoms with Crippen molar-refractivity contribution in [1.29, 1.82) is 0 Å². The zero-order valence-electron chi connectivity index (χ0n) is 12.4. The topological polar surface area (TPSA) is 49.3 Å². The van der Waals surface area contributed by atoms with Crippen LogP contribution in [0, 0.1) is 12.8 Å². The van der Waals surface area contributed by atoms with E-state index >= 15 is 0 Å². The number of aliphatic imine (C=N–C) groups is 1. The molecule has 4 nitrogen and oxygen atoms in total. The Balaban J connectivity index is 1.88. The number of hydrogen-bond acceptors (Lipinski definition) is 3. The van der Waals surface area contributed by atoms with E-state index < -0.39 is 0 Å². The monoisotopic (exact) mass is 280 g/mol. The van der Waals surface area contributed by atoms with E-state index in [2.05, 4.69) is 43.3 Å². The predicted octanol–water partition coefficient (Wildman–Crippen LogP) is 2.65. The minimum absolute atomic E-state index is 0.495. The Morgan fingerprint density at radius 3 is 2.68 bits per heavy atom. The van der Waals surface area contributed by atoms with Crippen molar-refractivity contribution in [3.8, 4) is 0 Å². The van der Waals surface area contributed by atoms with Crippen LogP contribution in [-0.2, 0) is 6.54 Å². The van der Waals surface area contributed by atoms with Gasteiger partial charge in [0, 0.05) is 18.0 Å². The van der Waals surface area contributed by atoms with Gasteiger partial charge in [-0.2, -0.15) is 0 Å². The SMILES string of the molecule is CN=C(NCc1nc(C(C)C)c(C)s1)NC1CC1C. The molecule has 0 spiro atoms. The maximum atomic E-state index is 4.70. The average Bonchev–Trinajstić information content (AvgIpc) is 2.90. The van der Waals surface area contributed by atoms with E-state index in [1.807, 2.05) is 7.05 Å². The Kier molecular flexibility index (Phi) is 4.45. The van der Waals surface area contributed by atoms with E-state index in [-0.39, 0.29) is 0 Å². The van der Waals surface area contributed by atoms with E-state index in [9.17, 15) is 0 Å². The van der Waals surface area contributed by atoms with Gasteiger partial charge >= 0.3 is 0 Å². The third-order valence-electron chi connectivity index (χ3n) is 3.49. The van der Waals surface area contributed by atoms with Crippen molar-refractivity contribution in [2.75, 3.05) is 7.05 Å². The number of aryl methyl sites for hydroxylation is 1. The van der Waals surface area contributed by atoms with E-state index in [4.69, 9.17) is 4.98 Å². The van der Waals surface area contributed by atoms with Crippen LogP contribution in [0.25, 0.3) is 0 Å². The molecule has 0 radical (unpaired) electrons. The lowest BCUT2D eigenvalue weighted by atomic mass is 10.1. The van der Waals surface area contributed by atoms with E-state index in [0.717, 1.165) is 23.4 Å². The summed E-state index contributed by atoms with van der Waals surface area (Å²) in [4.78, 5) is 10.3. The van der Waals surface area contributed by atoms with E-state index in [1.54, 1.807) is 11.3 Å². The lowest BCUT2D eigenvalue weighted by Gasteiger charge is -2.10. The van der Waals surface area contributed by atoms with Crippen molar-refractivity contribution in [2.24, 2.45) is 10.9 Å². The van der Waals surface area contributed by atoms with Crippen molar-refractivity contribution in [1.82, 2.24) is 15.6 Å². The quantitative estimate of drug-likeness (QED) is 0.658. The number of nitrogens with zero attached hydrogens (tertiary/aromatic N) is 2. The van der Waals surface area contributed by atoms with Crippen molar-refractivity contribution in [3.05, 3.63) is 15.6 Å². The number of hydrogen-bond donors (Lipinski definition) is 2. The second kappa shape index (κ2) is 5.90. The fraction of sp³-hybridized carbons (Fsp3) is 0.714. The Labute approximate surface area is 119 Å². The third kappa shape index (κ3) is 3.69. The van der Waals surface area contributed by atoms with Gasteiger partial charge in [-0.15, -0.1) is 11.3 Å². The zero-order valence-corrected chi connectivity index (χ0v) is 13.3. The van der Waals surface area contributed by atoms with Crippen molar-refractivity contribution in [2.45, 2.75) is 52.6 Å². The van der Waals surface area contributed by atoms with Crippen molar-refractivity contribution in [3.63, 3.8) is 0 Å². The van der Waals surface area contributed by atoms with Gasteiger partial charge in [-0.3, -0.25) is 4.99 Å². The van der Waals surface area contributed by atoms with Gasteiger partial charge in [0.25, 0.3) is 0 Å². The van der Waals surface area contributed by atoms with Crippen molar-refractivity contribution < 1.29 is 0 Å². The summed E-state index contributed by atoms with van der Waals surface area (Å²) in [6.45, 7) is 9.53. The fourth-order valence-corrected chi connectivity index (χ4v) is 3.16. The van der Waals surface area contributed by atoms with Crippen LogP contribution in [-0.4, -0.2) is 24.0 Å². The van der Waals surface area contributed by atoms with E-state index in [0.29, 0.717) is 12.0 Å². The maximum Gasteiger partial charge on any atom is 0.191 e. The molecule has 106 valence electrons. The molecule has 1 heterocycles. The van der Waals surface area contributed by atoms with E-state index in [1.165, 1.54) is 17.0 Å². The smallest absolute Gasteiger partial charge is 0.191 e. The molecule has 1 fully saturated rings. The molecule has 0 saturated heterocycles. The highest BCUT2D eigenvalue weighted by Gasteiger charge is 2.33. The predicted molar refractivity (Wildman–Crippen MR) is 81.8 cm³/mol. The van der Waals surface area contributed by atoms with Crippen LogP contribution in [0.5, 0.6) is 0 Å². The molecule has 1 aliphatic carbocycles. The molecule has 1 aromatic heterocycles. The summed E-state index contributed by atoms with van der Waals surface area (Å²) in [7, 11) is 1.81. The van der Waals surface area contributed by atoms with Crippen LogP contribution in [0.4, 0.5) is 0 Å². The Morgan fingerprint density at radius 2 is 2.21 bits per heavy atom. The molecule has 2 N–H and O–H groups in total. The van der Waals surface area contributed by atoms with Gasteiger partial charge in [-0.05, 0) is 25.2 Å². The molecule has 19 heavy (non-hydrogen) atoms. The minimum atomic E-state index is 0.495.